The van der Waals surface area contributed by atoms with Crippen molar-refractivity contribution in [2.75, 3.05) is 20.3 Å². The first-order valence-electron chi connectivity index (χ1n) is 9.70. The van der Waals surface area contributed by atoms with Gasteiger partial charge in [0.1, 0.15) is 6.61 Å². The predicted molar refractivity (Wildman–Crippen MR) is 105 cm³/mol. The molecule has 0 radical (unpaired) electrons. The van der Waals surface area contributed by atoms with Gasteiger partial charge in [0, 0.05) is 12.2 Å². The summed E-state index contributed by atoms with van der Waals surface area (Å²) in [7, 11) is 1.11. The van der Waals surface area contributed by atoms with Crippen molar-refractivity contribution in [2.24, 2.45) is 0 Å². The zero-order valence-electron chi connectivity index (χ0n) is 17.3. The Bertz CT molecular complexity index is 997. The van der Waals surface area contributed by atoms with Gasteiger partial charge in [0.15, 0.2) is 0 Å². The van der Waals surface area contributed by atoms with Crippen molar-refractivity contribution in [3.63, 3.8) is 0 Å². The molecule has 0 N–H and O–H groups in total. The van der Waals surface area contributed by atoms with Gasteiger partial charge in [0.2, 0.25) is 0 Å². The summed E-state index contributed by atoms with van der Waals surface area (Å²) in [5.41, 5.74) is -1.65. The first kappa shape index (κ1) is 22.7. The maximum absolute atomic E-state index is 13.8. The number of hydrogen-bond acceptors (Lipinski definition) is 6. The summed E-state index contributed by atoms with van der Waals surface area (Å²) in [6.07, 6.45) is -3.43. The molecule has 0 amide bonds. The summed E-state index contributed by atoms with van der Waals surface area (Å²) in [6, 6.07) is 4.74. The molecule has 2 aromatic rings. The minimum absolute atomic E-state index is 0.0416. The second-order valence-corrected chi connectivity index (χ2v) is 7.18. The van der Waals surface area contributed by atoms with E-state index in [1.165, 1.54) is 32.0 Å². The van der Waals surface area contributed by atoms with Crippen LogP contribution in [0.3, 0.4) is 0 Å². The number of aryl methyl sites for hydroxylation is 2. The number of ether oxygens (including phenoxy) is 3. The van der Waals surface area contributed by atoms with Gasteiger partial charge in [-0.05, 0) is 38.3 Å². The lowest BCUT2D eigenvalue weighted by atomic mass is 9.89. The van der Waals surface area contributed by atoms with Gasteiger partial charge in [-0.25, -0.2) is 9.59 Å². The van der Waals surface area contributed by atoms with E-state index >= 15 is 0 Å². The van der Waals surface area contributed by atoms with Gasteiger partial charge >= 0.3 is 18.1 Å². The third kappa shape index (κ3) is 4.71. The van der Waals surface area contributed by atoms with Crippen molar-refractivity contribution in [1.82, 2.24) is 4.98 Å². The summed E-state index contributed by atoms with van der Waals surface area (Å²) in [5.74, 6) is -1.78. The highest BCUT2D eigenvalue weighted by atomic mass is 19.4. The number of rotatable bonds is 5. The number of benzene rings is 1. The highest BCUT2D eigenvalue weighted by Gasteiger charge is 2.37. The molecule has 0 aliphatic carbocycles. The van der Waals surface area contributed by atoms with E-state index in [0.29, 0.717) is 6.61 Å². The zero-order valence-corrected chi connectivity index (χ0v) is 17.3. The molecule has 0 saturated carbocycles. The van der Waals surface area contributed by atoms with Gasteiger partial charge in [-0.1, -0.05) is 18.2 Å². The van der Waals surface area contributed by atoms with Crippen molar-refractivity contribution in [1.29, 1.82) is 0 Å². The average Bonchev–Trinajstić information content (AvgIpc) is 3.24. The van der Waals surface area contributed by atoms with E-state index < -0.39 is 23.7 Å². The van der Waals surface area contributed by atoms with Crippen LogP contribution in [0.25, 0.3) is 11.1 Å². The third-order valence-electron chi connectivity index (χ3n) is 5.08. The average molecular weight is 437 g/mol. The number of methoxy groups -OCH3 is 1. The van der Waals surface area contributed by atoms with Gasteiger partial charge in [-0.2, -0.15) is 13.2 Å². The molecule has 3 rings (SSSR count). The first-order chi connectivity index (χ1) is 14.6. The van der Waals surface area contributed by atoms with Crippen molar-refractivity contribution >= 4 is 11.9 Å². The van der Waals surface area contributed by atoms with Gasteiger partial charge in [0.25, 0.3) is 0 Å². The van der Waals surface area contributed by atoms with Gasteiger partial charge < -0.3 is 14.2 Å². The number of carbonyl (C=O) groups is 2. The lowest BCUT2D eigenvalue weighted by Gasteiger charge is -2.21. The van der Waals surface area contributed by atoms with Crippen molar-refractivity contribution in [3.8, 4) is 11.1 Å². The highest BCUT2D eigenvalue weighted by molar-refractivity contribution is 6.07. The molecule has 31 heavy (non-hydrogen) atoms. The fourth-order valence-electron chi connectivity index (χ4n) is 3.69. The highest BCUT2D eigenvalue weighted by Crippen LogP contribution is 2.41. The molecule has 9 heteroatoms. The standard InChI is InChI=1S/C22H22F3NO5/c1-12-17(20(27)29-3)19(15-8-4-5-9-16(15)22(23,24)25)18(13(2)26-12)21(28)31-11-14-7-6-10-30-14/h4-5,8-9,14H,6-7,10-11H2,1-3H3. The molecule has 1 aromatic carbocycles. The van der Waals surface area contributed by atoms with E-state index in [-0.39, 0.29) is 46.4 Å². The van der Waals surface area contributed by atoms with E-state index in [1.54, 1.807) is 0 Å². The van der Waals surface area contributed by atoms with Crippen LogP contribution < -0.4 is 0 Å². The van der Waals surface area contributed by atoms with E-state index in [1.807, 2.05) is 0 Å². The largest absolute Gasteiger partial charge is 0.465 e. The van der Waals surface area contributed by atoms with E-state index in [0.717, 1.165) is 26.0 Å². The van der Waals surface area contributed by atoms with E-state index in [2.05, 4.69) is 4.98 Å². The first-order valence-corrected chi connectivity index (χ1v) is 9.70. The lowest BCUT2D eigenvalue weighted by molar-refractivity contribution is -0.137. The molecule has 1 saturated heterocycles. The van der Waals surface area contributed by atoms with Crippen LogP contribution >= 0.6 is 0 Å². The molecule has 1 unspecified atom stereocenters. The molecule has 166 valence electrons. The summed E-state index contributed by atoms with van der Waals surface area (Å²) in [6.45, 7) is 3.47. The monoisotopic (exact) mass is 437 g/mol. The number of carbonyl (C=O) groups excluding carboxylic acids is 2. The number of halogens is 3. The number of aromatic nitrogens is 1. The molecule has 2 heterocycles. The zero-order chi connectivity index (χ0) is 22.8. The quantitative estimate of drug-likeness (QED) is 0.641. The van der Waals surface area contributed by atoms with Crippen molar-refractivity contribution < 1.29 is 37.0 Å². The molecular formula is C22H22F3NO5. The van der Waals surface area contributed by atoms with Crippen LogP contribution in [0.2, 0.25) is 0 Å². The summed E-state index contributed by atoms with van der Waals surface area (Å²) in [4.78, 5) is 29.7. The molecule has 0 spiro atoms. The van der Waals surface area contributed by atoms with Crippen LogP contribution in [0.4, 0.5) is 13.2 Å². The Kier molecular flexibility index (Phi) is 6.64. The minimum Gasteiger partial charge on any atom is -0.465 e. The molecule has 1 fully saturated rings. The minimum atomic E-state index is -4.71. The van der Waals surface area contributed by atoms with Crippen molar-refractivity contribution in [3.05, 3.63) is 52.3 Å². The van der Waals surface area contributed by atoms with Crippen LogP contribution in [-0.4, -0.2) is 43.4 Å². The molecule has 1 aliphatic heterocycles. The van der Waals surface area contributed by atoms with Crippen LogP contribution in [-0.2, 0) is 20.4 Å². The van der Waals surface area contributed by atoms with Gasteiger partial charge in [-0.15, -0.1) is 0 Å². The maximum atomic E-state index is 13.8. The molecule has 6 nitrogen and oxygen atoms in total. The smallest absolute Gasteiger partial charge is 0.417 e. The Balaban J connectivity index is 2.22. The molecule has 1 atom stereocenters. The number of alkyl halides is 3. The summed E-state index contributed by atoms with van der Waals surface area (Å²) >= 11 is 0. The van der Waals surface area contributed by atoms with E-state index in [4.69, 9.17) is 14.2 Å². The number of pyridine rings is 1. The Labute approximate surface area is 177 Å². The second kappa shape index (κ2) is 9.05. The maximum Gasteiger partial charge on any atom is 0.417 e. The summed E-state index contributed by atoms with van der Waals surface area (Å²) in [5, 5.41) is 0. The van der Waals surface area contributed by atoms with Crippen LogP contribution in [0.5, 0.6) is 0 Å². The fraction of sp³-hybridized carbons (Fsp3) is 0.409. The van der Waals surface area contributed by atoms with Crippen molar-refractivity contribution in [2.45, 2.75) is 39.0 Å². The topological polar surface area (TPSA) is 74.7 Å². The molecule has 1 aromatic heterocycles. The number of hydrogen-bond donors (Lipinski definition) is 0. The third-order valence-corrected chi connectivity index (χ3v) is 5.08. The lowest BCUT2D eigenvalue weighted by Crippen LogP contribution is -2.22. The summed E-state index contributed by atoms with van der Waals surface area (Å²) < 4.78 is 56.9. The number of esters is 2. The van der Waals surface area contributed by atoms with Gasteiger partial charge in [-0.3, -0.25) is 4.98 Å². The van der Waals surface area contributed by atoms with Crippen LogP contribution in [0.15, 0.2) is 24.3 Å². The van der Waals surface area contributed by atoms with E-state index in [9.17, 15) is 22.8 Å². The molecule has 0 bridgehead atoms. The second-order valence-electron chi connectivity index (χ2n) is 7.18. The Morgan fingerprint density at radius 3 is 2.35 bits per heavy atom. The molecular weight excluding hydrogens is 415 g/mol. The van der Waals surface area contributed by atoms with Crippen LogP contribution in [0.1, 0.15) is 50.5 Å². The van der Waals surface area contributed by atoms with Gasteiger partial charge in [0.05, 0.1) is 41.3 Å². The SMILES string of the molecule is COC(=O)c1c(C)nc(C)c(C(=O)OCC2CCCO2)c1-c1ccccc1C(F)(F)F. The normalized spacial score (nSPS) is 16.3. The Morgan fingerprint density at radius 2 is 1.77 bits per heavy atom. The van der Waals surface area contributed by atoms with Crippen LogP contribution in [0, 0.1) is 13.8 Å². The Morgan fingerprint density at radius 1 is 1.13 bits per heavy atom. The predicted octanol–water partition coefficient (Wildman–Crippen LogP) is 4.51. The number of nitrogens with zero attached hydrogens (tertiary/aromatic N) is 1. The fourth-order valence-corrected chi connectivity index (χ4v) is 3.69. The Hall–Kier alpha value is -2.94. The molecule has 1 aliphatic rings.